The van der Waals surface area contributed by atoms with Gasteiger partial charge < -0.3 is 0 Å². The van der Waals surface area contributed by atoms with Crippen LogP contribution in [-0.4, -0.2) is 23.0 Å². The molecule has 122 valence electrons. The van der Waals surface area contributed by atoms with Gasteiger partial charge in [0.05, 0.1) is 10.6 Å². The average molecular weight is 398 g/mol. The smallest absolute Gasteiger partial charge is 0.266 e. The molecule has 2 aromatic rings. The zero-order chi connectivity index (χ0) is 17.3. The van der Waals surface area contributed by atoms with Crippen molar-refractivity contribution in [1.82, 2.24) is 4.90 Å². The van der Waals surface area contributed by atoms with Gasteiger partial charge in [-0.15, -0.1) is 0 Å². The summed E-state index contributed by atoms with van der Waals surface area (Å²) in [5.41, 5.74) is 1.42. The van der Waals surface area contributed by atoms with Crippen LogP contribution in [0.25, 0.3) is 6.08 Å². The van der Waals surface area contributed by atoms with Crippen molar-refractivity contribution >= 4 is 69.4 Å². The lowest BCUT2D eigenvalue weighted by molar-refractivity contribution is -0.121. The minimum atomic E-state index is -0.133. The zero-order valence-electron chi connectivity index (χ0n) is 12.5. The first-order valence-corrected chi connectivity index (χ1v) is 8.86. The summed E-state index contributed by atoms with van der Waals surface area (Å²) >= 11 is 19.3. The number of nitrogens with zero attached hydrogens (tertiary/aromatic N) is 2. The molecule has 0 saturated carbocycles. The van der Waals surface area contributed by atoms with Gasteiger partial charge in [-0.25, -0.2) is 4.99 Å². The van der Waals surface area contributed by atoms with Crippen LogP contribution in [-0.2, 0) is 4.79 Å². The Hall–Kier alpha value is -1.46. The Labute approximate surface area is 158 Å². The van der Waals surface area contributed by atoms with Gasteiger partial charge in [0, 0.05) is 22.1 Å². The van der Waals surface area contributed by atoms with Crippen molar-refractivity contribution in [1.29, 1.82) is 0 Å². The Bertz CT molecular complexity index is 880. The molecule has 3 rings (SSSR count). The number of hydrogen-bond donors (Lipinski definition) is 0. The van der Waals surface area contributed by atoms with Gasteiger partial charge in [0.2, 0.25) is 0 Å². The molecule has 7 heteroatoms. The van der Waals surface area contributed by atoms with Gasteiger partial charge in [0.1, 0.15) is 0 Å². The van der Waals surface area contributed by atoms with Crippen molar-refractivity contribution in [3.05, 3.63) is 68.0 Å². The normalized spacial score (nSPS) is 18.0. The Morgan fingerprint density at radius 2 is 1.83 bits per heavy atom. The second kappa shape index (κ2) is 7.19. The van der Waals surface area contributed by atoms with E-state index in [-0.39, 0.29) is 5.91 Å². The van der Waals surface area contributed by atoms with Crippen LogP contribution in [0.15, 0.2) is 52.4 Å². The van der Waals surface area contributed by atoms with Crippen LogP contribution in [0.1, 0.15) is 5.56 Å². The Morgan fingerprint density at radius 1 is 1.08 bits per heavy atom. The predicted octanol–water partition coefficient (Wildman–Crippen LogP) is 5.88. The number of thioether (sulfide) groups is 1. The van der Waals surface area contributed by atoms with Crippen molar-refractivity contribution in [2.24, 2.45) is 4.99 Å². The lowest BCUT2D eigenvalue weighted by Crippen LogP contribution is -2.23. The second-order valence-corrected chi connectivity index (χ2v) is 7.30. The van der Waals surface area contributed by atoms with Crippen molar-refractivity contribution in [3.8, 4) is 0 Å². The highest BCUT2D eigenvalue weighted by Gasteiger charge is 2.30. The summed E-state index contributed by atoms with van der Waals surface area (Å²) in [5, 5.41) is 2.22. The molecular weight excluding hydrogens is 387 g/mol. The Morgan fingerprint density at radius 3 is 2.54 bits per heavy atom. The molecule has 1 heterocycles. The van der Waals surface area contributed by atoms with Gasteiger partial charge in [-0.2, -0.15) is 0 Å². The molecule has 24 heavy (non-hydrogen) atoms. The van der Waals surface area contributed by atoms with Crippen LogP contribution in [0.4, 0.5) is 5.69 Å². The maximum Gasteiger partial charge on any atom is 0.266 e. The van der Waals surface area contributed by atoms with Gasteiger partial charge in [0.15, 0.2) is 5.17 Å². The molecule has 0 aromatic heterocycles. The summed E-state index contributed by atoms with van der Waals surface area (Å²) in [7, 11) is 1.68. The maximum atomic E-state index is 12.4. The molecule has 1 amide bonds. The molecule has 2 aromatic carbocycles. The molecule has 0 bridgehead atoms. The van der Waals surface area contributed by atoms with Crippen LogP contribution in [0.3, 0.4) is 0 Å². The summed E-state index contributed by atoms with van der Waals surface area (Å²) < 4.78 is 0. The fourth-order valence-corrected chi connectivity index (χ4v) is 3.69. The second-order valence-electron chi connectivity index (χ2n) is 5.01. The monoisotopic (exact) mass is 396 g/mol. The number of rotatable bonds is 2. The molecule has 0 N–H and O–H groups in total. The number of halogens is 3. The molecule has 1 aliphatic rings. The van der Waals surface area contributed by atoms with Gasteiger partial charge in [-0.05, 0) is 53.7 Å². The number of carbonyl (C=O) groups excluding carboxylic acids is 1. The van der Waals surface area contributed by atoms with Gasteiger partial charge in [0.25, 0.3) is 5.91 Å². The van der Waals surface area contributed by atoms with Crippen LogP contribution in [0.5, 0.6) is 0 Å². The van der Waals surface area contributed by atoms with E-state index in [1.54, 1.807) is 43.5 Å². The van der Waals surface area contributed by atoms with Crippen molar-refractivity contribution in [2.75, 3.05) is 7.05 Å². The predicted molar refractivity (Wildman–Crippen MR) is 103 cm³/mol. The fourth-order valence-electron chi connectivity index (χ4n) is 2.07. The molecule has 0 radical (unpaired) electrons. The number of likely N-dealkylation sites (N-methyl/N-ethyl adjacent to an activating group) is 1. The molecule has 0 spiro atoms. The third kappa shape index (κ3) is 3.78. The van der Waals surface area contributed by atoms with Crippen molar-refractivity contribution in [2.45, 2.75) is 0 Å². The average Bonchev–Trinajstić information content (AvgIpc) is 2.78. The SMILES string of the molecule is CN1C(=O)/C(=C\c2ccc(Cl)cc2Cl)SC1=Nc1cccc(Cl)c1. The minimum absolute atomic E-state index is 0.133. The third-order valence-corrected chi connectivity index (χ3v) is 5.14. The minimum Gasteiger partial charge on any atom is -0.290 e. The van der Waals surface area contributed by atoms with E-state index >= 15 is 0 Å². The highest BCUT2D eigenvalue weighted by molar-refractivity contribution is 8.18. The highest BCUT2D eigenvalue weighted by atomic mass is 35.5. The topological polar surface area (TPSA) is 32.7 Å². The number of amides is 1. The molecule has 1 saturated heterocycles. The third-order valence-electron chi connectivity index (χ3n) is 3.29. The van der Waals surface area contributed by atoms with E-state index in [0.717, 1.165) is 5.56 Å². The first-order valence-electron chi connectivity index (χ1n) is 6.91. The van der Waals surface area contributed by atoms with E-state index < -0.39 is 0 Å². The van der Waals surface area contributed by atoms with Gasteiger partial charge in [-0.3, -0.25) is 9.69 Å². The number of hydrogen-bond acceptors (Lipinski definition) is 3. The lowest BCUT2D eigenvalue weighted by atomic mass is 10.2. The molecular formula is C17H11Cl3N2OS. The van der Waals surface area contributed by atoms with E-state index in [9.17, 15) is 4.79 Å². The van der Waals surface area contributed by atoms with E-state index in [0.29, 0.717) is 30.8 Å². The molecule has 0 unspecified atom stereocenters. The Kier molecular flexibility index (Phi) is 5.21. The van der Waals surface area contributed by atoms with Crippen molar-refractivity contribution < 1.29 is 4.79 Å². The summed E-state index contributed by atoms with van der Waals surface area (Å²) in [4.78, 5) is 18.9. The van der Waals surface area contributed by atoms with E-state index in [4.69, 9.17) is 34.8 Å². The molecule has 3 nitrogen and oxygen atoms in total. The van der Waals surface area contributed by atoms with Gasteiger partial charge >= 0.3 is 0 Å². The van der Waals surface area contributed by atoms with Crippen LogP contribution >= 0.6 is 46.6 Å². The molecule has 1 aliphatic heterocycles. The summed E-state index contributed by atoms with van der Waals surface area (Å²) in [6, 6.07) is 12.3. The number of amidine groups is 1. The number of benzene rings is 2. The molecule has 1 fully saturated rings. The summed E-state index contributed by atoms with van der Waals surface area (Å²) in [6.45, 7) is 0. The van der Waals surface area contributed by atoms with Crippen LogP contribution in [0, 0.1) is 0 Å². The first kappa shape index (κ1) is 17.4. The van der Waals surface area contributed by atoms with Gasteiger partial charge in [-0.1, -0.05) is 46.9 Å². The number of aliphatic imine (C=N–C) groups is 1. The van der Waals surface area contributed by atoms with Crippen molar-refractivity contribution in [3.63, 3.8) is 0 Å². The quantitative estimate of drug-likeness (QED) is 0.593. The zero-order valence-corrected chi connectivity index (χ0v) is 15.5. The number of carbonyl (C=O) groups is 1. The maximum absolute atomic E-state index is 12.4. The summed E-state index contributed by atoms with van der Waals surface area (Å²) in [5.74, 6) is -0.133. The molecule has 0 aliphatic carbocycles. The first-order chi connectivity index (χ1) is 11.4. The highest BCUT2D eigenvalue weighted by Crippen LogP contribution is 2.35. The summed E-state index contributed by atoms with van der Waals surface area (Å²) in [6.07, 6.45) is 1.74. The lowest BCUT2D eigenvalue weighted by Gasteiger charge is -2.07. The van der Waals surface area contributed by atoms with Crippen LogP contribution < -0.4 is 0 Å². The van der Waals surface area contributed by atoms with E-state index in [2.05, 4.69) is 4.99 Å². The molecule has 0 atom stereocenters. The van der Waals surface area contributed by atoms with E-state index in [1.807, 2.05) is 12.1 Å². The Balaban J connectivity index is 1.92. The van der Waals surface area contributed by atoms with Crippen LogP contribution in [0.2, 0.25) is 15.1 Å². The van der Waals surface area contributed by atoms with E-state index in [1.165, 1.54) is 16.7 Å². The standard InChI is InChI=1S/C17H11Cl3N2OS/c1-22-16(23)15(7-10-5-6-12(19)9-14(10)20)24-17(22)21-13-4-2-3-11(18)8-13/h2-9H,1H3/b15-7+,21-17?. The fraction of sp³-hybridized carbons (Fsp3) is 0.0588. The largest absolute Gasteiger partial charge is 0.290 e.